The van der Waals surface area contributed by atoms with E-state index in [0.29, 0.717) is 36.2 Å². The highest BCUT2D eigenvalue weighted by atomic mass is 32.2. The summed E-state index contributed by atoms with van der Waals surface area (Å²) < 4.78 is 5.27. The zero-order valence-corrected chi connectivity index (χ0v) is 18.3. The van der Waals surface area contributed by atoms with Crippen LogP contribution in [0.5, 0.6) is 0 Å². The van der Waals surface area contributed by atoms with Gasteiger partial charge in [-0.05, 0) is 37.1 Å². The molecule has 2 aromatic rings. The molecule has 1 N–H and O–H groups in total. The number of esters is 1. The van der Waals surface area contributed by atoms with Crippen molar-refractivity contribution in [1.29, 1.82) is 5.26 Å². The minimum Gasteiger partial charge on any atom is -0.462 e. The molecule has 1 amide bonds. The minimum atomic E-state index is -0.620. The van der Waals surface area contributed by atoms with E-state index < -0.39 is 11.4 Å². The van der Waals surface area contributed by atoms with Crippen LogP contribution < -0.4 is 5.32 Å². The number of thioether (sulfide) groups is 1. The van der Waals surface area contributed by atoms with Crippen LogP contribution in [-0.4, -0.2) is 30.5 Å². The minimum absolute atomic E-state index is 0.113. The molecule has 1 aromatic carbocycles. The van der Waals surface area contributed by atoms with E-state index in [1.54, 1.807) is 18.7 Å². The van der Waals surface area contributed by atoms with E-state index in [2.05, 4.69) is 11.4 Å². The summed E-state index contributed by atoms with van der Waals surface area (Å²) >= 11 is 3.00. The molecule has 1 aromatic heterocycles. The van der Waals surface area contributed by atoms with E-state index in [4.69, 9.17) is 4.74 Å². The third-order valence-electron chi connectivity index (χ3n) is 5.16. The lowest BCUT2D eigenvalue weighted by molar-refractivity contribution is -0.115. The van der Waals surface area contributed by atoms with Crippen molar-refractivity contribution in [1.82, 2.24) is 0 Å². The summed E-state index contributed by atoms with van der Waals surface area (Å²) in [6.07, 6.45) is 4.09. The Hall–Kier alpha value is -2.30. The second-order valence-corrected chi connectivity index (χ2v) is 9.05. The number of hydrogen-bond donors (Lipinski definition) is 1. The Kier molecular flexibility index (Phi) is 6.99. The highest BCUT2D eigenvalue weighted by molar-refractivity contribution is 7.98. The number of ether oxygens (including phenoxy) is 1. The average molecular weight is 429 g/mol. The van der Waals surface area contributed by atoms with Gasteiger partial charge in [0.05, 0.1) is 23.7 Å². The first-order chi connectivity index (χ1) is 14.0. The molecule has 0 saturated heterocycles. The van der Waals surface area contributed by atoms with Gasteiger partial charge in [-0.2, -0.15) is 17.0 Å². The van der Waals surface area contributed by atoms with Gasteiger partial charge in [0.1, 0.15) is 5.00 Å². The van der Waals surface area contributed by atoms with E-state index in [-0.39, 0.29) is 12.5 Å². The number of nitriles is 1. The Morgan fingerprint density at radius 2 is 2.10 bits per heavy atom. The zero-order chi connectivity index (χ0) is 20.9. The van der Waals surface area contributed by atoms with Crippen molar-refractivity contribution >= 4 is 40.0 Å². The zero-order valence-electron chi connectivity index (χ0n) is 16.6. The molecule has 152 valence electrons. The molecular formula is C22H24N2O3S2. The van der Waals surface area contributed by atoms with E-state index in [0.717, 1.165) is 21.8 Å². The average Bonchev–Trinajstić information content (AvgIpc) is 3.09. The monoisotopic (exact) mass is 428 g/mol. The lowest BCUT2D eigenvalue weighted by atomic mass is 9.70. The van der Waals surface area contributed by atoms with Gasteiger partial charge >= 0.3 is 5.97 Å². The molecule has 7 heteroatoms. The van der Waals surface area contributed by atoms with Gasteiger partial charge in [-0.15, -0.1) is 11.3 Å². The van der Waals surface area contributed by atoms with Crippen LogP contribution in [0.1, 0.15) is 46.1 Å². The van der Waals surface area contributed by atoms with Crippen molar-refractivity contribution in [3.05, 3.63) is 51.9 Å². The van der Waals surface area contributed by atoms with Crippen LogP contribution in [0.15, 0.2) is 30.3 Å². The standard InChI is InChI=1S/C22H24N2O3S2/c1-3-27-21(26)19-16-9-11-22(14-23,15-7-5-4-6-8-15)13-17(16)29-20(19)24-18(25)10-12-28-2/h4-8H,3,9-13H2,1-2H3,(H,24,25)/t22-/m1/s1. The van der Waals surface area contributed by atoms with Gasteiger partial charge in [0.25, 0.3) is 0 Å². The number of hydrogen-bond acceptors (Lipinski definition) is 6. The SMILES string of the molecule is CCOC(=O)c1c(NC(=O)CCSC)sc2c1CC[C@@](C#N)(c1ccccc1)C2. The lowest BCUT2D eigenvalue weighted by Gasteiger charge is -2.31. The van der Waals surface area contributed by atoms with Crippen molar-refractivity contribution in [2.75, 3.05) is 23.9 Å². The summed E-state index contributed by atoms with van der Waals surface area (Å²) in [6.45, 7) is 2.04. The Labute approximate surface area is 179 Å². The molecular weight excluding hydrogens is 404 g/mol. The van der Waals surface area contributed by atoms with Crippen LogP contribution in [0, 0.1) is 11.3 Å². The Bertz CT molecular complexity index is 934. The van der Waals surface area contributed by atoms with Crippen molar-refractivity contribution in [2.45, 2.75) is 38.0 Å². The molecule has 0 spiro atoms. The number of benzene rings is 1. The Morgan fingerprint density at radius 3 is 2.76 bits per heavy atom. The summed E-state index contributed by atoms with van der Waals surface area (Å²) in [5.74, 6) is 0.199. The molecule has 5 nitrogen and oxygen atoms in total. The van der Waals surface area contributed by atoms with Crippen LogP contribution >= 0.6 is 23.1 Å². The summed E-state index contributed by atoms with van der Waals surface area (Å²) in [5, 5.41) is 13.5. The van der Waals surface area contributed by atoms with Gasteiger partial charge in [0.2, 0.25) is 5.91 Å². The summed E-state index contributed by atoms with van der Waals surface area (Å²) in [7, 11) is 0. The number of thiophene rings is 1. The van der Waals surface area contributed by atoms with Crippen LogP contribution in [0.25, 0.3) is 0 Å². The van der Waals surface area contributed by atoms with E-state index >= 15 is 0 Å². The quantitative estimate of drug-likeness (QED) is 0.654. The molecule has 0 bridgehead atoms. The molecule has 1 aliphatic rings. The largest absolute Gasteiger partial charge is 0.462 e. The fourth-order valence-electron chi connectivity index (χ4n) is 3.67. The topological polar surface area (TPSA) is 79.2 Å². The number of anilines is 1. The number of nitrogens with zero attached hydrogens (tertiary/aromatic N) is 1. The summed E-state index contributed by atoms with van der Waals surface area (Å²) in [4.78, 5) is 25.9. The number of amides is 1. The smallest absolute Gasteiger partial charge is 0.341 e. The molecule has 1 atom stereocenters. The second kappa shape index (κ2) is 9.47. The Balaban J connectivity index is 1.98. The van der Waals surface area contributed by atoms with Gasteiger partial charge in [0, 0.05) is 23.5 Å². The molecule has 0 fully saturated rings. The predicted octanol–water partition coefficient (Wildman–Crippen LogP) is 4.57. The van der Waals surface area contributed by atoms with E-state index in [1.165, 1.54) is 11.3 Å². The number of fused-ring (bicyclic) bond motifs is 1. The third-order valence-corrected chi connectivity index (χ3v) is 6.92. The lowest BCUT2D eigenvalue weighted by Crippen LogP contribution is -2.31. The first-order valence-electron chi connectivity index (χ1n) is 9.62. The van der Waals surface area contributed by atoms with Crippen LogP contribution in [0.2, 0.25) is 0 Å². The van der Waals surface area contributed by atoms with Crippen LogP contribution in [0.4, 0.5) is 5.00 Å². The van der Waals surface area contributed by atoms with Crippen molar-refractivity contribution in [3.63, 3.8) is 0 Å². The predicted molar refractivity (Wildman–Crippen MR) is 118 cm³/mol. The van der Waals surface area contributed by atoms with E-state index in [9.17, 15) is 14.9 Å². The fraction of sp³-hybridized carbons (Fsp3) is 0.409. The molecule has 3 rings (SSSR count). The summed E-state index contributed by atoms with van der Waals surface area (Å²) in [5.41, 5.74) is 1.75. The molecule has 0 radical (unpaired) electrons. The third kappa shape index (κ3) is 4.49. The maximum atomic E-state index is 12.7. The van der Waals surface area contributed by atoms with Crippen LogP contribution in [-0.2, 0) is 27.8 Å². The molecule has 1 aliphatic carbocycles. The van der Waals surface area contributed by atoms with E-state index in [1.807, 2.05) is 36.6 Å². The number of carbonyl (C=O) groups is 2. The van der Waals surface area contributed by atoms with Gasteiger partial charge in [-0.1, -0.05) is 30.3 Å². The number of nitrogens with one attached hydrogen (secondary N) is 1. The fourth-order valence-corrected chi connectivity index (χ4v) is 5.43. The number of rotatable bonds is 7. The molecule has 29 heavy (non-hydrogen) atoms. The van der Waals surface area contributed by atoms with Crippen molar-refractivity contribution < 1.29 is 14.3 Å². The van der Waals surface area contributed by atoms with Crippen molar-refractivity contribution in [2.24, 2.45) is 0 Å². The first kappa shape index (κ1) is 21.4. The van der Waals surface area contributed by atoms with Gasteiger partial charge in [0.15, 0.2) is 0 Å². The van der Waals surface area contributed by atoms with Gasteiger partial charge in [-0.25, -0.2) is 4.79 Å². The first-order valence-corrected chi connectivity index (χ1v) is 11.8. The van der Waals surface area contributed by atoms with Gasteiger partial charge in [-0.3, -0.25) is 4.79 Å². The van der Waals surface area contributed by atoms with Crippen LogP contribution in [0.3, 0.4) is 0 Å². The maximum absolute atomic E-state index is 12.7. The highest BCUT2D eigenvalue weighted by Crippen LogP contribution is 2.45. The molecule has 1 heterocycles. The van der Waals surface area contributed by atoms with Crippen molar-refractivity contribution in [3.8, 4) is 6.07 Å². The Morgan fingerprint density at radius 1 is 1.34 bits per heavy atom. The summed E-state index contributed by atoms with van der Waals surface area (Å²) in [6, 6.07) is 12.3. The highest BCUT2D eigenvalue weighted by Gasteiger charge is 2.40. The number of carbonyl (C=O) groups excluding carboxylic acids is 2. The normalized spacial score (nSPS) is 17.8. The molecule has 0 aliphatic heterocycles. The molecule has 0 unspecified atom stereocenters. The second-order valence-electron chi connectivity index (χ2n) is 6.96. The van der Waals surface area contributed by atoms with Gasteiger partial charge < -0.3 is 10.1 Å². The maximum Gasteiger partial charge on any atom is 0.341 e. The molecule has 0 saturated carbocycles.